The van der Waals surface area contributed by atoms with Crippen LogP contribution in [0.1, 0.15) is 0 Å². The number of nitrogens with one attached hydrogen (secondary N) is 1. The molecule has 1 aromatic carbocycles. The SMILES string of the molecule is Clc1ccc(Nc2ncc(Br)c(Cl)n2)cc1Cl. The van der Waals surface area contributed by atoms with E-state index in [4.69, 9.17) is 34.8 Å². The molecular formula is C10H5BrCl3N3. The van der Waals surface area contributed by atoms with Crippen LogP contribution < -0.4 is 5.32 Å². The van der Waals surface area contributed by atoms with Crippen molar-refractivity contribution < 1.29 is 0 Å². The summed E-state index contributed by atoms with van der Waals surface area (Å²) in [5, 5.41) is 4.26. The van der Waals surface area contributed by atoms with Crippen LogP contribution in [-0.4, -0.2) is 9.97 Å². The third-order valence-electron chi connectivity index (χ3n) is 1.88. The van der Waals surface area contributed by atoms with Gasteiger partial charge in [-0.15, -0.1) is 0 Å². The van der Waals surface area contributed by atoms with E-state index in [0.717, 1.165) is 5.69 Å². The van der Waals surface area contributed by atoms with Gasteiger partial charge in [-0.2, -0.15) is 4.98 Å². The molecule has 1 heterocycles. The van der Waals surface area contributed by atoms with Crippen molar-refractivity contribution in [2.75, 3.05) is 5.32 Å². The van der Waals surface area contributed by atoms with Crippen molar-refractivity contribution in [3.63, 3.8) is 0 Å². The molecule has 0 aliphatic rings. The van der Waals surface area contributed by atoms with Gasteiger partial charge in [-0.3, -0.25) is 0 Å². The molecule has 17 heavy (non-hydrogen) atoms. The molecule has 0 aliphatic carbocycles. The Balaban J connectivity index is 2.25. The van der Waals surface area contributed by atoms with Crippen LogP contribution in [0.3, 0.4) is 0 Å². The Kier molecular flexibility index (Phi) is 4.09. The smallest absolute Gasteiger partial charge is 0.228 e. The number of hydrogen-bond acceptors (Lipinski definition) is 3. The summed E-state index contributed by atoms with van der Waals surface area (Å²) in [6.45, 7) is 0. The van der Waals surface area contributed by atoms with Gasteiger partial charge >= 0.3 is 0 Å². The summed E-state index contributed by atoms with van der Waals surface area (Å²) in [7, 11) is 0. The maximum atomic E-state index is 5.89. The number of aromatic nitrogens is 2. The molecule has 0 saturated heterocycles. The highest BCUT2D eigenvalue weighted by Gasteiger charge is 2.04. The van der Waals surface area contributed by atoms with E-state index in [1.54, 1.807) is 24.4 Å². The molecule has 88 valence electrons. The number of hydrogen-bond donors (Lipinski definition) is 1. The summed E-state index contributed by atoms with van der Waals surface area (Å²) < 4.78 is 0.638. The van der Waals surface area contributed by atoms with E-state index in [1.807, 2.05) is 0 Å². The minimum Gasteiger partial charge on any atom is -0.324 e. The molecule has 3 nitrogen and oxygen atoms in total. The van der Waals surface area contributed by atoms with Crippen LogP contribution in [0.2, 0.25) is 15.2 Å². The summed E-state index contributed by atoms with van der Waals surface area (Å²) in [5.41, 5.74) is 0.734. The molecule has 2 rings (SSSR count). The quantitative estimate of drug-likeness (QED) is 0.777. The fraction of sp³-hybridized carbons (Fsp3) is 0. The Bertz CT molecular complexity index is 513. The van der Waals surface area contributed by atoms with Crippen LogP contribution in [0, 0.1) is 0 Å². The highest BCUT2D eigenvalue weighted by molar-refractivity contribution is 9.10. The van der Waals surface area contributed by atoms with E-state index in [1.165, 1.54) is 0 Å². The molecule has 0 saturated carbocycles. The number of halogens is 4. The van der Waals surface area contributed by atoms with Gasteiger partial charge in [-0.05, 0) is 34.1 Å². The Morgan fingerprint density at radius 3 is 2.53 bits per heavy atom. The number of rotatable bonds is 2. The largest absolute Gasteiger partial charge is 0.324 e. The monoisotopic (exact) mass is 351 g/mol. The lowest BCUT2D eigenvalue weighted by atomic mass is 10.3. The lowest BCUT2D eigenvalue weighted by Crippen LogP contribution is -1.97. The van der Waals surface area contributed by atoms with E-state index >= 15 is 0 Å². The Morgan fingerprint density at radius 1 is 1.12 bits per heavy atom. The van der Waals surface area contributed by atoms with Crippen LogP contribution in [-0.2, 0) is 0 Å². The molecule has 0 aliphatic heterocycles. The third-order valence-corrected chi connectivity index (χ3v) is 3.71. The summed E-state index contributed by atoms with van der Waals surface area (Å²) in [5.74, 6) is 0.386. The predicted molar refractivity (Wildman–Crippen MR) is 74.5 cm³/mol. The van der Waals surface area contributed by atoms with Crippen LogP contribution >= 0.6 is 50.7 Å². The zero-order valence-electron chi connectivity index (χ0n) is 8.22. The van der Waals surface area contributed by atoms with Crippen molar-refractivity contribution in [3.05, 3.63) is 44.1 Å². The molecule has 0 spiro atoms. The first-order chi connectivity index (χ1) is 8.06. The van der Waals surface area contributed by atoms with Crippen molar-refractivity contribution >= 4 is 62.4 Å². The molecule has 1 aromatic heterocycles. The predicted octanol–water partition coefficient (Wildman–Crippen LogP) is 4.94. The van der Waals surface area contributed by atoms with Gasteiger partial charge in [-0.1, -0.05) is 34.8 Å². The van der Waals surface area contributed by atoms with E-state index in [-0.39, 0.29) is 0 Å². The van der Waals surface area contributed by atoms with E-state index in [2.05, 4.69) is 31.2 Å². The van der Waals surface area contributed by atoms with E-state index < -0.39 is 0 Å². The average molecular weight is 353 g/mol. The van der Waals surface area contributed by atoms with Crippen molar-refractivity contribution in [3.8, 4) is 0 Å². The van der Waals surface area contributed by atoms with Crippen LogP contribution in [0.5, 0.6) is 0 Å². The Labute approximate surface area is 121 Å². The van der Waals surface area contributed by atoms with Crippen LogP contribution in [0.25, 0.3) is 0 Å². The highest BCUT2D eigenvalue weighted by atomic mass is 79.9. The van der Waals surface area contributed by atoms with Gasteiger partial charge in [-0.25, -0.2) is 4.98 Å². The molecule has 0 atom stereocenters. The normalized spacial score (nSPS) is 10.4. The maximum Gasteiger partial charge on any atom is 0.228 e. The zero-order chi connectivity index (χ0) is 12.4. The topological polar surface area (TPSA) is 37.8 Å². The molecule has 0 amide bonds. The third kappa shape index (κ3) is 3.22. The minimum absolute atomic E-state index is 0.336. The van der Waals surface area contributed by atoms with Gasteiger partial charge in [0, 0.05) is 11.9 Å². The second-order valence-corrected chi connectivity index (χ2v) is 5.11. The number of benzene rings is 1. The number of anilines is 2. The molecule has 2 aromatic rings. The Morgan fingerprint density at radius 2 is 1.88 bits per heavy atom. The number of nitrogens with zero attached hydrogens (tertiary/aromatic N) is 2. The van der Waals surface area contributed by atoms with Crippen molar-refractivity contribution in [2.24, 2.45) is 0 Å². The first-order valence-electron chi connectivity index (χ1n) is 4.46. The lowest BCUT2D eigenvalue weighted by molar-refractivity contribution is 1.15. The summed E-state index contributed by atoms with van der Waals surface area (Å²) in [6.07, 6.45) is 1.56. The molecule has 0 fully saturated rings. The summed E-state index contributed by atoms with van der Waals surface area (Å²) >= 11 is 20.8. The van der Waals surface area contributed by atoms with Crippen LogP contribution in [0.15, 0.2) is 28.9 Å². The van der Waals surface area contributed by atoms with Crippen molar-refractivity contribution in [2.45, 2.75) is 0 Å². The Hall–Kier alpha value is -0.550. The maximum absolute atomic E-state index is 5.89. The first kappa shape index (κ1) is 12.9. The lowest BCUT2D eigenvalue weighted by Gasteiger charge is -2.06. The molecule has 0 bridgehead atoms. The summed E-state index contributed by atoms with van der Waals surface area (Å²) in [4.78, 5) is 8.10. The second-order valence-electron chi connectivity index (χ2n) is 3.09. The molecular weight excluding hydrogens is 348 g/mol. The molecule has 0 unspecified atom stereocenters. The van der Waals surface area contributed by atoms with Crippen LogP contribution in [0.4, 0.5) is 11.6 Å². The molecule has 1 N–H and O–H groups in total. The zero-order valence-corrected chi connectivity index (χ0v) is 12.1. The van der Waals surface area contributed by atoms with Gasteiger partial charge in [0.05, 0.1) is 14.5 Å². The summed E-state index contributed by atoms with van der Waals surface area (Å²) in [6, 6.07) is 5.14. The van der Waals surface area contributed by atoms with Crippen molar-refractivity contribution in [1.29, 1.82) is 0 Å². The van der Waals surface area contributed by atoms with E-state index in [9.17, 15) is 0 Å². The fourth-order valence-electron chi connectivity index (χ4n) is 1.11. The van der Waals surface area contributed by atoms with Gasteiger partial charge < -0.3 is 5.32 Å². The van der Waals surface area contributed by atoms with Gasteiger partial charge in [0.2, 0.25) is 5.95 Å². The second kappa shape index (κ2) is 5.40. The average Bonchev–Trinajstić information content (AvgIpc) is 2.29. The highest BCUT2D eigenvalue weighted by Crippen LogP contribution is 2.27. The molecule has 0 radical (unpaired) electrons. The standard InChI is InChI=1S/C10H5BrCl3N3/c11-6-4-15-10(17-9(6)14)16-5-1-2-7(12)8(13)3-5/h1-4H,(H,15,16,17). The van der Waals surface area contributed by atoms with Crippen molar-refractivity contribution in [1.82, 2.24) is 9.97 Å². The fourth-order valence-corrected chi connectivity index (χ4v) is 1.73. The van der Waals surface area contributed by atoms with Gasteiger partial charge in [0.1, 0.15) is 5.15 Å². The van der Waals surface area contributed by atoms with E-state index in [0.29, 0.717) is 25.6 Å². The van der Waals surface area contributed by atoms with Gasteiger partial charge in [0.15, 0.2) is 0 Å². The van der Waals surface area contributed by atoms with Gasteiger partial charge in [0.25, 0.3) is 0 Å². The molecule has 7 heteroatoms. The minimum atomic E-state index is 0.336. The first-order valence-corrected chi connectivity index (χ1v) is 6.39.